The van der Waals surface area contributed by atoms with E-state index in [-0.39, 0.29) is 5.56 Å². The van der Waals surface area contributed by atoms with E-state index in [9.17, 15) is 4.79 Å². The van der Waals surface area contributed by atoms with Crippen LogP contribution >= 0.6 is 11.3 Å². The maximum atomic E-state index is 13.0. The Balaban J connectivity index is 1.75. The number of fused-ring (bicyclic) bond motifs is 1. The quantitative estimate of drug-likeness (QED) is 0.641. The van der Waals surface area contributed by atoms with E-state index in [4.69, 9.17) is 14.2 Å². The van der Waals surface area contributed by atoms with Crippen molar-refractivity contribution in [2.75, 3.05) is 32.9 Å². The molecule has 0 aliphatic carbocycles. The molecule has 7 nitrogen and oxygen atoms in total. The van der Waals surface area contributed by atoms with Crippen LogP contribution in [0.1, 0.15) is 5.56 Å². The maximum Gasteiger partial charge on any atom is 0.271 e. The fraction of sp³-hybridized carbons (Fsp3) is 0.238. The van der Waals surface area contributed by atoms with E-state index in [0.717, 1.165) is 16.1 Å². The van der Waals surface area contributed by atoms with Crippen molar-refractivity contribution < 1.29 is 14.2 Å². The van der Waals surface area contributed by atoms with E-state index in [1.807, 2.05) is 48.5 Å². The summed E-state index contributed by atoms with van der Waals surface area (Å²) in [6.45, 7) is 0.995. The molecule has 0 amide bonds. The van der Waals surface area contributed by atoms with Crippen molar-refractivity contribution in [2.45, 2.75) is 6.67 Å². The van der Waals surface area contributed by atoms with Crippen LogP contribution in [0.4, 0.5) is 5.69 Å². The zero-order valence-electron chi connectivity index (χ0n) is 16.4. The first-order valence-electron chi connectivity index (χ1n) is 9.00. The van der Waals surface area contributed by atoms with Crippen LogP contribution < -0.4 is 34.0 Å². The van der Waals surface area contributed by atoms with Crippen LogP contribution in [-0.4, -0.2) is 32.6 Å². The first-order chi connectivity index (χ1) is 14.1. The van der Waals surface area contributed by atoms with E-state index in [1.165, 1.54) is 11.3 Å². The van der Waals surface area contributed by atoms with Gasteiger partial charge in [0.05, 0.1) is 25.9 Å². The van der Waals surface area contributed by atoms with Crippen LogP contribution in [0.25, 0.3) is 6.08 Å². The van der Waals surface area contributed by atoms with E-state index in [0.29, 0.717) is 35.1 Å². The number of benzene rings is 2. The third-order valence-electron chi connectivity index (χ3n) is 4.68. The van der Waals surface area contributed by atoms with Gasteiger partial charge < -0.3 is 19.1 Å². The number of hydrogen-bond donors (Lipinski definition) is 0. The molecule has 0 saturated carbocycles. The maximum absolute atomic E-state index is 13.0. The molecule has 2 aromatic carbocycles. The second-order valence-corrected chi connectivity index (χ2v) is 7.41. The standard InChI is InChI=1S/C21H21N3O4S/c1-26-16-9-14(10-17(27-2)19(16)28-3)11-18-20(25)24-13-23(12-22-21(24)29-18)15-7-5-4-6-8-15/h4-11H,12-13H2,1-3H3/b18-11-. The number of ether oxygens (including phenoxy) is 3. The Bertz CT molecular complexity index is 1180. The van der Waals surface area contributed by atoms with Crippen molar-refractivity contribution >= 4 is 23.1 Å². The van der Waals surface area contributed by atoms with Crippen LogP contribution in [0.5, 0.6) is 17.2 Å². The average Bonchev–Trinajstić information content (AvgIpc) is 3.08. The van der Waals surface area contributed by atoms with Crippen molar-refractivity contribution in [1.82, 2.24) is 4.57 Å². The molecule has 2 heterocycles. The predicted molar refractivity (Wildman–Crippen MR) is 113 cm³/mol. The van der Waals surface area contributed by atoms with Gasteiger partial charge in [0.15, 0.2) is 16.3 Å². The third kappa shape index (κ3) is 3.58. The van der Waals surface area contributed by atoms with Gasteiger partial charge in [0, 0.05) is 5.69 Å². The van der Waals surface area contributed by atoms with Gasteiger partial charge in [0.2, 0.25) is 5.75 Å². The molecule has 0 spiro atoms. The molecule has 3 aromatic rings. The second kappa shape index (κ2) is 8.00. The molecule has 0 saturated heterocycles. The molecule has 0 fully saturated rings. The molecule has 0 radical (unpaired) electrons. The molecule has 0 N–H and O–H groups in total. The Morgan fingerprint density at radius 2 is 1.72 bits per heavy atom. The Labute approximate surface area is 171 Å². The Morgan fingerprint density at radius 3 is 2.34 bits per heavy atom. The van der Waals surface area contributed by atoms with Crippen molar-refractivity contribution in [3.8, 4) is 17.2 Å². The zero-order valence-corrected chi connectivity index (χ0v) is 17.2. The lowest BCUT2D eigenvalue weighted by Gasteiger charge is -2.25. The Hall–Kier alpha value is -3.26. The van der Waals surface area contributed by atoms with Crippen LogP contribution in [0, 0.1) is 0 Å². The van der Waals surface area contributed by atoms with Crippen LogP contribution in [0.15, 0.2) is 52.3 Å². The lowest BCUT2D eigenvalue weighted by atomic mass is 10.1. The lowest BCUT2D eigenvalue weighted by molar-refractivity contribution is 0.324. The molecule has 4 rings (SSSR count). The van der Waals surface area contributed by atoms with Crippen LogP contribution in [-0.2, 0) is 6.67 Å². The summed E-state index contributed by atoms with van der Waals surface area (Å²) in [6, 6.07) is 13.6. The first kappa shape index (κ1) is 19.1. The molecule has 0 unspecified atom stereocenters. The molecular weight excluding hydrogens is 390 g/mol. The summed E-state index contributed by atoms with van der Waals surface area (Å²) in [7, 11) is 4.69. The molecule has 8 heteroatoms. The van der Waals surface area contributed by atoms with Crippen LogP contribution in [0.2, 0.25) is 0 Å². The van der Waals surface area contributed by atoms with Crippen LogP contribution in [0.3, 0.4) is 0 Å². The van der Waals surface area contributed by atoms with E-state index in [1.54, 1.807) is 25.9 Å². The summed E-state index contributed by atoms with van der Waals surface area (Å²) in [6.07, 6.45) is 1.82. The van der Waals surface area contributed by atoms with E-state index in [2.05, 4.69) is 9.89 Å². The number of hydrogen-bond acceptors (Lipinski definition) is 7. The predicted octanol–water partition coefficient (Wildman–Crippen LogP) is 1.82. The number of rotatable bonds is 5. The fourth-order valence-electron chi connectivity index (χ4n) is 3.25. The minimum Gasteiger partial charge on any atom is -0.493 e. The molecule has 29 heavy (non-hydrogen) atoms. The number of methoxy groups -OCH3 is 3. The molecule has 1 aliphatic rings. The van der Waals surface area contributed by atoms with Gasteiger partial charge in [0.25, 0.3) is 5.56 Å². The lowest BCUT2D eigenvalue weighted by Crippen LogP contribution is -2.42. The molecule has 1 aromatic heterocycles. The number of thiazole rings is 1. The molecule has 1 aliphatic heterocycles. The number of para-hydroxylation sites is 1. The summed E-state index contributed by atoms with van der Waals surface area (Å²) < 4.78 is 18.5. The SMILES string of the molecule is COc1cc(/C=c2\sc3n(c2=O)CN(c2ccccc2)CN=3)cc(OC)c1OC. The van der Waals surface area contributed by atoms with Crippen molar-refractivity contribution in [2.24, 2.45) is 4.99 Å². The Morgan fingerprint density at radius 1 is 1.03 bits per heavy atom. The smallest absolute Gasteiger partial charge is 0.271 e. The van der Waals surface area contributed by atoms with Gasteiger partial charge >= 0.3 is 0 Å². The summed E-state index contributed by atoms with van der Waals surface area (Å²) >= 11 is 1.38. The molecule has 0 bridgehead atoms. The second-order valence-electron chi connectivity index (χ2n) is 6.40. The minimum atomic E-state index is -0.0665. The molecular formula is C21H21N3O4S. The van der Waals surface area contributed by atoms with Gasteiger partial charge in [-0.1, -0.05) is 29.5 Å². The molecule has 0 atom stereocenters. The average molecular weight is 411 g/mol. The van der Waals surface area contributed by atoms with Gasteiger partial charge in [-0.25, -0.2) is 4.99 Å². The van der Waals surface area contributed by atoms with Crippen molar-refractivity contribution in [1.29, 1.82) is 0 Å². The number of aromatic nitrogens is 1. The Kier molecular flexibility index (Phi) is 5.26. The van der Waals surface area contributed by atoms with Gasteiger partial charge in [-0.2, -0.15) is 0 Å². The largest absolute Gasteiger partial charge is 0.493 e. The minimum absolute atomic E-state index is 0.0665. The third-order valence-corrected chi connectivity index (χ3v) is 5.73. The summed E-state index contributed by atoms with van der Waals surface area (Å²) in [5.74, 6) is 1.60. The summed E-state index contributed by atoms with van der Waals surface area (Å²) in [4.78, 5) is 20.4. The zero-order chi connectivity index (χ0) is 20.4. The summed E-state index contributed by atoms with van der Waals surface area (Å²) in [5.41, 5.74) is 1.76. The van der Waals surface area contributed by atoms with E-state index >= 15 is 0 Å². The first-order valence-corrected chi connectivity index (χ1v) is 9.82. The van der Waals surface area contributed by atoms with Gasteiger partial charge in [-0.3, -0.25) is 9.36 Å². The summed E-state index contributed by atoms with van der Waals surface area (Å²) in [5, 5.41) is 0. The van der Waals surface area contributed by atoms with Crippen molar-refractivity contribution in [3.05, 3.63) is 67.7 Å². The normalized spacial score (nSPS) is 13.6. The topological polar surface area (TPSA) is 65.3 Å². The highest BCUT2D eigenvalue weighted by atomic mass is 32.1. The highest BCUT2D eigenvalue weighted by Crippen LogP contribution is 2.38. The van der Waals surface area contributed by atoms with Gasteiger partial charge in [-0.15, -0.1) is 0 Å². The molecule has 150 valence electrons. The van der Waals surface area contributed by atoms with Gasteiger partial charge in [0.1, 0.15) is 13.3 Å². The fourth-order valence-corrected chi connectivity index (χ4v) is 4.21. The monoisotopic (exact) mass is 411 g/mol. The van der Waals surface area contributed by atoms with E-state index < -0.39 is 0 Å². The highest BCUT2D eigenvalue weighted by molar-refractivity contribution is 7.07. The number of nitrogens with zero attached hydrogens (tertiary/aromatic N) is 3. The number of anilines is 1. The van der Waals surface area contributed by atoms with Crippen molar-refractivity contribution in [3.63, 3.8) is 0 Å². The highest BCUT2D eigenvalue weighted by Gasteiger charge is 2.16. The van der Waals surface area contributed by atoms with Gasteiger partial charge in [-0.05, 0) is 35.9 Å².